The van der Waals surface area contributed by atoms with Crippen LogP contribution in [0.2, 0.25) is 0 Å². The van der Waals surface area contributed by atoms with Gasteiger partial charge in [-0.3, -0.25) is 0 Å². The van der Waals surface area contributed by atoms with E-state index < -0.39 is 17.9 Å². The van der Waals surface area contributed by atoms with Crippen LogP contribution in [-0.2, 0) is 0 Å². The number of aryl methyl sites for hydroxylation is 1. The molecular weight excluding hydrogens is 190 g/mol. The molecule has 0 aromatic carbocycles. The molecule has 1 aliphatic carbocycles. The molecule has 1 aliphatic rings. The molecule has 78 valence electrons. The summed E-state index contributed by atoms with van der Waals surface area (Å²) in [5, 5.41) is 9.61. The average Bonchev–Trinajstić information content (AvgIpc) is 2.53. The van der Waals surface area contributed by atoms with Gasteiger partial charge in [-0.1, -0.05) is 0 Å². The smallest absolute Gasteiger partial charge is 0.251 e. The number of furan rings is 1. The quantitative estimate of drug-likeness (QED) is 0.817. The molecule has 14 heavy (non-hydrogen) atoms. The zero-order valence-electron chi connectivity index (χ0n) is 7.84. The van der Waals surface area contributed by atoms with Gasteiger partial charge in [0.05, 0.1) is 6.26 Å². The van der Waals surface area contributed by atoms with E-state index in [1.165, 1.54) is 6.26 Å². The van der Waals surface area contributed by atoms with Crippen LogP contribution in [0.25, 0.3) is 0 Å². The van der Waals surface area contributed by atoms with Gasteiger partial charge in [-0.25, -0.2) is 8.78 Å². The van der Waals surface area contributed by atoms with Crippen molar-refractivity contribution in [3.8, 4) is 0 Å². The lowest BCUT2D eigenvalue weighted by atomic mass is 10.1. The van der Waals surface area contributed by atoms with Crippen molar-refractivity contribution >= 4 is 0 Å². The van der Waals surface area contributed by atoms with Crippen molar-refractivity contribution in [2.75, 3.05) is 0 Å². The molecule has 0 saturated heterocycles. The molecule has 2 rings (SSSR count). The summed E-state index contributed by atoms with van der Waals surface area (Å²) in [6.07, 6.45) is 0.535. The highest BCUT2D eigenvalue weighted by atomic mass is 19.3. The monoisotopic (exact) mass is 202 g/mol. The third-order valence-electron chi connectivity index (χ3n) is 2.67. The molecule has 2 atom stereocenters. The van der Waals surface area contributed by atoms with E-state index in [0.717, 1.165) is 5.56 Å². The van der Waals surface area contributed by atoms with Crippen LogP contribution in [0, 0.1) is 12.8 Å². The van der Waals surface area contributed by atoms with Crippen molar-refractivity contribution < 1.29 is 18.3 Å². The highest BCUT2D eigenvalue weighted by Gasteiger charge is 2.57. The molecule has 2 nitrogen and oxygen atoms in total. The minimum Gasteiger partial charge on any atom is -0.466 e. The van der Waals surface area contributed by atoms with Crippen molar-refractivity contribution in [2.45, 2.75) is 31.8 Å². The summed E-state index contributed by atoms with van der Waals surface area (Å²) in [7, 11) is 0. The summed E-state index contributed by atoms with van der Waals surface area (Å²) in [6, 6.07) is 1.71. The molecule has 1 aromatic rings. The van der Waals surface area contributed by atoms with Crippen molar-refractivity contribution in [3.63, 3.8) is 0 Å². The van der Waals surface area contributed by atoms with Gasteiger partial charge in [0.25, 0.3) is 5.92 Å². The SMILES string of the molecule is Cc1ccoc1C(O)CC1CC1(F)F. The molecule has 0 aliphatic heterocycles. The van der Waals surface area contributed by atoms with Crippen LogP contribution in [0.3, 0.4) is 0 Å². The first kappa shape index (κ1) is 9.65. The molecule has 0 amide bonds. The van der Waals surface area contributed by atoms with Crippen LogP contribution in [0.5, 0.6) is 0 Å². The molecule has 1 heterocycles. The van der Waals surface area contributed by atoms with Gasteiger partial charge in [-0.05, 0) is 25.0 Å². The number of hydrogen-bond donors (Lipinski definition) is 1. The van der Waals surface area contributed by atoms with Crippen LogP contribution in [0.4, 0.5) is 8.78 Å². The summed E-state index contributed by atoms with van der Waals surface area (Å²) in [6.45, 7) is 1.78. The van der Waals surface area contributed by atoms with Crippen LogP contribution in [-0.4, -0.2) is 11.0 Å². The first-order valence-electron chi connectivity index (χ1n) is 4.60. The van der Waals surface area contributed by atoms with Crippen LogP contribution in [0.1, 0.15) is 30.3 Å². The maximum absolute atomic E-state index is 12.6. The highest BCUT2D eigenvalue weighted by molar-refractivity contribution is 5.17. The van der Waals surface area contributed by atoms with Gasteiger partial charge in [0.1, 0.15) is 11.9 Å². The van der Waals surface area contributed by atoms with Gasteiger partial charge >= 0.3 is 0 Å². The first-order valence-corrected chi connectivity index (χ1v) is 4.60. The fourth-order valence-electron chi connectivity index (χ4n) is 1.63. The average molecular weight is 202 g/mol. The third-order valence-corrected chi connectivity index (χ3v) is 2.67. The zero-order valence-corrected chi connectivity index (χ0v) is 7.84. The predicted molar refractivity (Wildman–Crippen MR) is 46.1 cm³/mol. The van der Waals surface area contributed by atoms with E-state index in [0.29, 0.717) is 5.76 Å². The number of halogens is 2. The van der Waals surface area contributed by atoms with Gasteiger partial charge in [0, 0.05) is 12.3 Å². The maximum atomic E-state index is 12.6. The van der Waals surface area contributed by atoms with Gasteiger partial charge in [0.2, 0.25) is 0 Å². The van der Waals surface area contributed by atoms with E-state index in [9.17, 15) is 13.9 Å². The molecule has 2 unspecified atom stereocenters. The Kier molecular flexibility index (Phi) is 2.10. The van der Waals surface area contributed by atoms with Gasteiger partial charge in [-0.2, -0.15) is 0 Å². The fourth-order valence-corrected chi connectivity index (χ4v) is 1.63. The summed E-state index contributed by atoms with van der Waals surface area (Å²) >= 11 is 0. The second kappa shape index (κ2) is 3.05. The second-order valence-corrected chi connectivity index (χ2v) is 3.88. The lowest BCUT2D eigenvalue weighted by molar-refractivity contribution is 0.0705. The van der Waals surface area contributed by atoms with E-state index in [1.54, 1.807) is 13.0 Å². The van der Waals surface area contributed by atoms with Crippen LogP contribution < -0.4 is 0 Å². The lowest BCUT2D eigenvalue weighted by Crippen LogP contribution is -2.02. The number of aliphatic hydroxyl groups excluding tert-OH is 1. The van der Waals surface area contributed by atoms with E-state index in [4.69, 9.17) is 4.42 Å². The molecule has 1 N–H and O–H groups in total. The van der Waals surface area contributed by atoms with E-state index in [2.05, 4.69) is 0 Å². The molecule has 4 heteroatoms. The van der Waals surface area contributed by atoms with Crippen LogP contribution >= 0.6 is 0 Å². The van der Waals surface area contributed by atoms with Crippen LogP contribution in [0.15, 0.2) is 16.7 Å². The van der Waals surface area contributed by atoms with E-state index in [1.807, 2.05) is 0 Å². The van der Waals surface area contributed by atoms with Crippen molar-refractivity contribution in [1.29, 1.82) is 0 Å². The summed E-state index contributed by atoms with van der Waals surface area (Å²) in [4.78, 5) is 0. The first-order chi connectivity index (χ1) is 6.50. The Morgan fingerprint density at radius 2 is 2.36 bits per heavy atom. The number of aliphatic hydroxyl groups is 1. The Labute approximate surface area is 80.5 Å². The van der Waals surface area contributed by atoms with Gasteiger partial charge < -0.3 is 9.52 Å². The highest BCUT2D eigenvalue weighted by Crippen LogP contribution is 2.52. The summed E-state index contributed by atoms with van der Waals surface area (Å²) < 4.78 is 30.1. The van der Waals surface area contributed by atoms with Gasteiger partial charge in [0.15, 0.2) is 0 Å². The molecular formula is C10H12F2O2. The number of hydrogen-bond acceptors (Lipinski definition) is 2. The van der Waals surface area contributed by atoms with Crippen molar-refractivity contribution in [2.24, 2.45) is 5.92 Å². The molecule has 1 aromatic heterocycles. The molecule has 0 spiro atoms. The number of alkyl halides is 2. The van der Waals surface area contributed by atoms with E-state index in [-0.39, 0.29) is 12.8 Å². The van der Waals surface area contributed by atoms with Crippen molar-refractivity contribution in [1.82, 2.24) is 0 Å². The summed E-state index contributed by atoms with van der Waals surface area (Å²) in [5.74, 6) is -2.84. The maximum Gasteiger partial charge on any atom is 0.251 e. The molecule has 0 bridgehead atoms. The third kappa shape index (κ3) is 1.66. The Morgan fingerprint density at radius 1 is 1.71 bits per heavy atom. The predicted octanol–water partition coefficient (Wildman–Crippen LogP) is 2.67. The Morgan fingerprint density at radius 3 is 2.79 bits per heavy atom. The Bertz CT molecular complexity index is 333. The second-order valence-electron chi connectivity index (χ2n) is 3.88. The largest absolute Gasteiger partial charge is 0.466 e. The zero-order chi connectivity index (χ0) is 10.3. The Balaban J connectivity index is 1.97. The molecule has 0 radical (unpaired) electrons. The fraction of sp³-hybridized carbons (Fsp3) is 0.600. The molecule has 1 fully saturated rings. The number of rotatable bonds is 3. The minimum atomic E-state index is -2.57. The minimum absolute atomic E-state index is 0.0847. The molecule has 1 saturated carbocycles. The lowest BCUT2D eigenvalue weighted by Gasteiger charge is -2.07. The van der Waals surface area contributed by atoms with E-state index >= 15 is 0 Å². The van der Waals surface area contributed by atoms with Gasteiger partial charge in [-0.15, -0.1) is 0 Å². The standard InChI is InChI=1S/C10H12F2O2/c1-6-2-3-14-9(6)8(13)4-7-5-10(7,11)12/h2-3,7-8,13H,4-5H2,1H3. The topological polar surface area (TPSA) is 33.4 Å². The Hall–Kier alpha value is -0.900. The van der Waals surface area contributed by atoms with Crippen molar-refractivity contribution in [3.05, 3.63) is 23.7 Å². The summed E-state index contributed by atoms with van der Waals surface area (Å²) in [5.41, 5.74) is 0.807. The normalized spacial score (nSPS) is 26.1.